The lowest BCUT2D eigenvalue weighted by atomic mass is 10.2. The Morgan fingerprint density at radius 2 is 2.18 bits per heavy atom. The zero-order valence-electron chi connectivity index (χ0n) is 11.7. The fourth-order valence-corrected chi connectivity index (χ4v) is 1.84. The van der Waals surface area contributed by atoms with Crippen LogP contribution in [0.25, 0.3) is 11.3 Å². The highest BCUT2D eigenvalue weighted by Gasteiger charge is 2.05. The molecule has 22 heavy (non-hydrogen) atoms. The number of aryl methyl sites for hydroxylation is 1. The lowest BCUT2D eigenvalue weighted by molar-refractivity contribution is 0.880. The Labute approximate surface area is 126 Å². The van der Waals surface area contributed by atoms with Gasteiger partial charge in [0.05, 0.1) is 11.9 Å². The molecule has 0 bridgehead atoms. The van der Waals surface area contributed by atoms with E-state index in [9.17, 15) is 0 Å². The van der Waals surface area contributed by atoms with E-state index in [0.717, 1.165) is 16.9 Å². The molecule has 2 heterocycles. The molecule has 8 heteroatoms. The Hall–Kier alpha value is -3.47. The molecular weight excluding hydrogens is 280 g/mol. The third kappa shape index (κ3) is 2.83. The van der Waals surface area contributed by atoms with E-state index in [4.69, 9.17) is 5.26 Å². The fourth-order valence-electron chi connectivity index (χ4n) is 1.84. The van der Waals surface area contributed by atoms with Gasteiger partial charge in [-0.1, -0.05) is 0 Å². The molecule has 0 aliphatic heterocycles. The maximum absolute atomic E-state index is 9.08. The Balaban J connectivity index is 1.75. The molecule has 8 nitrogen and oxygen atoms in total. The number of nitrogens with one attached hydrogen (secondary N) is 2. The number of hydrogen-bond acceptors (Lipinski definition) is 6. The Morgan fingerprint density at radius 3 is 2.77 bits per heavy atom. The number of allylic oxidation sites excluding steroid dienone is 1. The summed E-state index contributed by atoms with van der Waals surface area (Å²) < 4.78 is 1.80. The summed E-state index contributed by atoms with van der Waals surface area (Å²) in [7, 11) is 0. The minimum absolute atomic E-state index is 0.249. The van der Waals surface area contributed by atoms with Gasteiger partial charge in [0.1, 0.15) is 11.6 Å². The number of anilines is 1. The molecule has 3 aromatic rings. The van der Waals surface area contributed by atoms with E-state index in [-0.39, 0.29) is 5.82 Å². The minimum Gasteiger partial charge on any atom is -0.360 e. The molecule has 0 aliphatic rings. The van der Waals surface area contributed by atoms with Gasteiger partial charge in [0.25, 0.3) is 0 Å². The summed E-state index contributed by atoms with van der Waals surface area (Å²) in [5, 5.41) is 29.6. The predicted octanol–water partition coefficient (Wildman–Crippen LogP) is 1.67. The largest absolute Gasteiger partial charge is 0.360 e. The van der Waals surface area contributed by atoms with Crippen LogP contribution in [0.4, 0.5) is 5.69 Å². The third-order valence-electron chi connectivity index (χ3n) is 2.93. The Morgan fingerprint density at radius 1 is 1.36 bits per heavy atom. The van der Waals surface area contributed by atoms with E-state index in [1.807, 2.05) is 43.5 Å². The molecule has 1 aromatic carbocycles. The second kappa shape index (κ2) is 5.88. The number of H-pyrrole nitrogens is 1. The standard InChI is InChI=1S/C14H12N8/c1-10-7-17-22(9-10)13-4-2-12(3-5-13)16-8-11(6-15)14-18-20-21-19-14/h2-5,7-9,16H,1H3,(H,18,19,20,21). The van der Waals surface area contributed by atoms with Gasteiger partial charge < -0.3 is 5.32 Å². The zero-order valence-corrected chi connectivity index (χ0v) is 11.7. The molecule has 0 aliphatic carbocycles. The van der Waals surface area contributed by atoms with Crippen LogP contribution in [-0.4, -0.2) is 30.4 Å². The number of hydrogen-bond donors (Lipinski definition) is 2. The maximum atomic E-state index is 9.08. The highest BCUT2D eigenvalue weighted by molar-refractivity contribution is 5.74. The van der Waals surface area contributed by atoms with Gasteiger partial charge in [-0.25, -0.2) is 4.68 Å². The van der Waals surface area contributed by atoms with Crippen LogP contribution in [0.3, 0.4) is 0 Å². The maximum Gasteiger partial charge on any atom is 0.216 e. The van der Waals surface area contributed by atoms with E-state index in [2.05, 4.69) is 31.0 Å². The van der Waals surface area contributed by atoms with Crippen molar-refractivity contribution in [3.8, 4) is 11.8 Å². The third-order valence-corrected chi connectivity index (χ3v) is 2.93. The number of nitriles is 1. The second-order valence-electron chi connectivity index (χ2n) is 4.56. The van der Waals surface area contributed by atoms with Crippen LogP contribution in [0, 0.1) is 18.3 Å². The van der Waals surface area contributed by atoms with E-state index >= 15 is 0 Å². The summed E-state index contributed by atoms with van der Waals surface area (Å²) in [6.07, 6.45) is 5.29. The first-order valence-corrected chi connectivity index (χ1v) is 6.48. The molecule has 0 spiro atoms. The number of nitrogens with zero attached hydrogens (tertiary/aromatic N) is 6. The van der Waals surface area contributed by atoms with Crippen LogP contribution in [-0.2, 0) is 0 Å². The number of benzene rings is 1. The van der Waals surface area contributed by atoms with Crippen LogP contribution < -0.4 is 5.32 Å². The average molecular weight is 292 g/mol. The first kappa shape index (κ1) is 13.5. The number of tetrazole rings is 1. The zero-order chi connectivity index (χ0) is 15.4. The quantitative estimate of drug-likeness (QED) is 0.708. The van der Waals surface area contributed by atoms with Crippen LogP contribution in [0.1, 0.15) is 11.4 Å². The molecule has 0 saturated heterocycles. The molecule has 0 unspecified atom stereocenters. The smallest absolute Gasteiger partial charge is 0.216 e. The average Bonchev–Trinajstić information content (AvgIpc) is 3.20. The normalized spacial score (nSPS) is 11.2. The van der Waals surface area contributed by atoms with Gasteiger partial charge in [-0.3, -0.25) is 0 Å². The van der Waals surface area contributed by atoms with Crippen molar-refractivity contribution in [2.75, 3.05) is 5.32 Å². The van der Waals surface area contributed by atoms with Gasteiger partial charge in [0.2, 0.25) is 5.82 Å². The lowest BCUT2D eigenvalue weighted by Crippen LogP contribution is -1.96. The van der Waals surface area contributed by atoms with Crippen molar-refractivity contribution in [2.24, 2.45) is 0 Å². The van der Waals surface area contributed by atoms with Crippen molar-refractivity contribution in [3.63, 3.8) is 0 Å². The monoisotopic (exact) mass is 292 g/mol. The van der Waals surface area contributed by atoms with Gasteiger partial charge >= 0.3 is 0 Å². The molecule has 2 aromatic heterocycles. The summed E-state index contributed by atoms with van der Waals surface area (Å²) in [5.74, 6) is 0.249. The van der Waals surface area contributed by atoms with Crippen LogP contribution >= 0.6 is 0 Å². The number of aromatic nitrogens is 6. The SMILES string of the molecule is Cc1cnn(-c2ccc(NC=C(C#N)c3nn[nH]n3)cc2)c1. The van der Waals surface area contributed by atoms with Crippen molar-refractivity contribution in [2.45, 2.75) is 6.92 Å². The highest BCUT2D eigenvalue weighted by Crippen LogP contribution is 2.14. The van der Waals surface area contributed by atoms with Crippen molar-refractivity contribution in [3.05, 3.63) is 54.2 Å². The summed E-state index contributed by atoms with van der Waals surface area (Å²) in [6.45, 7) is 1.99. The van der Waals surface area contributed by atoms with E-state index < -0.39 is 0 Å². The molecule has 3 rings (SSSR count). The topological polar surface area (TPSA) is 108 Å². The lowest BCUT2D eigenvalue weighted by Gasteiger charge is -2.04. The van der Waals surface area contributed by atoms with E-state index in [1.54, 1.807) is 10.9 Å². The van der Waals surface area contributed by atoms with Crippen LogP contribution in [0.15, 0.2) is 42.9 Å². The van der Waals surface area contributed by atoms with E-state index in [0.29, 0.717) is 5.57 Å². The van der Waals surface area contributed by atoms with Crippen molar-refractivity contribution < 1.29 is 0 Å². The van der Waals surface area contributed by atoms with Gasteiger partial charge in [0, 0.05) is 18.1 Å². The van der Waals surface area contributed by atoms with Gasteiger partial charge in [-0.2, -0.15) is 15.6 Å². The first-order valence-electron chi connectivity index (χ1n) is 6.48. The molecule has 0 fully saturated rings. The Bertz CT molecular complexity index is 821. The second-order valence-corrected chi connectivity index (χ2v) is 4.56. The molecule has 0 amide bonds. The molecule has 0 atom stereocenters. The number of rotatable bonds is 4. The Kier molecular flexibility index (Phi) is 3.61. The van der Waals surface area contributed by atoms with Crippen molar-refractivity contribution in [1.82, 2.24) is 30.4 Å². The molecule has 0 saturated carbocycles. The molecular formula is C14H12N8. The molecule has 2 N–H and O–H groups in total. The van der Waals surface area contributed by atoms with Gasteiger partial charge in [-0.15, -0.1) is 10.2 Å². The predicted molar refractivity (Wildman–Crippen MR) is 79.7 cm³/mol. The van der Waals surface area contributed by atoms with E-state index in [1.165, 1.54) is 6.20 Å². The fraction of sp³-hybridized carbons (Fsp3) is 0.0714. The molecule has 0 radical (unpaired) electrons. The summed E-state index contributed by atoms with van der Waals surface area (Å²) in [5.41, 5.74) is 3.19. The number of aromatic amines is 1. The molecule has 108 valence electrons. The minimum atomic E-state index is 0.249. The van der Waals surface area contributed by atoms with Gasteiger partial charge in [0.15, 0.2) is 0 Å². The van der Waals surface area contributed by atoms with Crippen molar-refractivity contribution >= 4 is 11.3 Å². The van der Waals surface area contributed by atoms with Crippen LogP contribution in [0.5, 0.6) is 0 Å². The summed E-state index contributed by atoms with van der Waals surface area (Å²) in [6, 6.07) is 9.68. The summed E-state index contributed by atoms with van der Waals surface area (Å²) >= 11 is 0. The van der Waals surface area contributed by atoms with Crippen molar-refractivity contribution in [1.29, 1.82) is 5.26 Å². The van der Waals surface area contributed by atoms with Crippen LogP contribution in [0.2, 0.25) is 0 Å². The summed E-state index contributed by atoms with van der Waals surface area (Å²) in [4.78, 5) is 0. The van der Waals surface area contributed by atoms with Gasteiger partial charge in [-0.05, 0) is 42.0 Å². The highest BCUT2D eigenvalue weighted by atomic mass is 15.5. The first-order chi connectivity index (χ1) is 10.8.